The van der Waals surface area contributed by atoms with E-state index in [1.54, 1.807) is 18.9 Å². The molecule has 1 amide bonds. The Balaban J connectivity index is 4.06. The van der Waals surface area contributed by atoms with Gasteiger partial charge in [0.15, 0.2) is 0 Å². The molecule has 0 saturated heterocycles. The summed E-state index contributed by atoms with van der Waals surface area (Å²) in [6, 6.07) is 0. The number of hydrogen-bond donors (Lipinski definition) is 1. The second-order valence-electron chi connectivity index (χ2n) is 3.77. The van der Waals surface area contributed by atoms with Crippen LogP contribution >= 0.6 is 0 Å². The number of nitrogens with zero attached hydrogens (tertiary/aromatic N) is 1. The Kier molecular flexibility index (Phi) is 7.54. The van der Waals surface area contributed by atoms with Gasteiger partial charge >= 0.3 is 5.97 Å². The van der Waals surface area contributed by atoms with E-state index in [1.165, 1.54) is 0 Å². The fourth-order valence-corrected chi connectivity index (χ4v) is 1.34. The number of amides is 1. The first kappa shape index (κ1) is 14.9. The molecule has 0 heterocycles. The largest absolute Gasteiger partial charge is 0.481 e. The van der Waals surface area contributed by atoms with Crippen molar-refractivity contribution in [2.45, 2.75) is 26.7 Å². The highest BCUT2D eigenvalue weighted by Crippen LogP contribution is 2.04. The van der Waals surface area contributed by atoms with E-state index in [1.807, 2.05) is 6.92 Å². The molecule has 0 aromatic heterocycles. The third kappa shape index (κ3) is 5.70. The molecule has 0 bridgehead atoms. The summed E-state index contributed by atoms with van der Waals surface area (Å²) >= 11 is 0. The second-order valence-corrected chi connectivity index (χ2v) is 3.77. The summed E-state index contributed by atoms with van der Waals surface area (Å²) in [4.78, 5) is 23.9. The molecule has 94 valence electrons. The summed E-state index contributed by atoms with van der Waals surface area (Å²) in [6.45, 7) is 4.83. The number of rotatable bonds is 8. The SMILES string of the molecule is CCN(CC(C)C(=O)O)C(=O)CCCOC. The van der Waals surface area contributed by atoms with Crippen LogP contribution in [0.4, 0.5) is 0 Å². The van der Waals surface area contributed by atoms with Gasteiger partial charge in [0.2, 0.25) is 5.91 Å². The van der Waals surface area contributed by atoms with E-state index in [0.717, 1.165) is 0 Å². The van der Waals surface area contributed by atoms with Gasteiger partial charge in [-0.15, -0.1) is 0 Å². The number of carboxylic acid groups (broad SMARTS) is 1. The van der Waals surface area contributed by atoms with Crippen LogP contribution in [0.5, 0.6) is 0 Å². The van der Waals surface area contributed by atoms with E-state index in [0.29, 0.717) is 26.0 Å². The van der Waals surface area contributed by atoms with Crippen molar-refractivity contribution < 1.29 is 19.4 Å². The first-order valence-corrected chi connectivity index (χ1v) is 5.52. The van der Waals surface area contributed by atoms with Crippen molar-refractivity contribution in [1.82, 2.24) is 4.90 Å². The summed E-state index contributed by atoms with van der Waals surface area (Å²) in [5, 5.41) is 8.76. The van der Waals surface area contributed by atoms with Gasteiger partial charge in [-0.05, 0) is 13.3 Å². The lowest BCUT2D eigenvalue weighted by Crippen LogP contribution is -2.36. The molecule has 5 heteroatoms. The zero-order valence-electron chi connectivity index (χ0n) is 10.2. The molecule has 0 aromatic rings. The Morgan fingerprint density at radius 3 is 2.50 bits per heavy atom. The van der Waals surface area contributed by atoms with E-state index in [2.05, 4.69) is 0 Å². The maximum absolute atomic E-state index is 11.7. The lowest BCUT2D eigenvalue weighted by Gasteiger charge is -2.22. The molecular weight excluding hydrogens is 210 g/mol. The van der Waals surface area contributed by atoms with E-state index < -0.39 is 11.9 Å². The third-order valence-electron chi connectivity index (χ3n) is 2.39. The highest BCUT2D eigenvalue weighted by Gasteiger charge is 2.18. The summed E-state index contributed by atoms with van der Waals surface area (Å²) in [6.07, 6.45) is 1.08. The molecule has 0 rings (SSSR count). The Morgan fingerprint density at radius 2 is 2.06 bits per heavy atom. The van der Waals surface area contributed by atoms with Gasteiger partial charge in [-0.1, -0.05) is 6.92 Å². The molecule has 0 aromatic carbocycles. The number of methoxy groups -OCH3 is 1. The summed E-state index contributed by atoms with van der Waals surface area (Å²) in [7, 11) is 1.59. The molecule has 0 saturated carbocycles. The van der Waals surface area contributed by atoms with Crippen LogP contribution in [-0.2, 0) is 14.3 Å². The molecule has 0 aliphatic heterocycles. The molecule has 0 spiro atoms. The molecule has 0 aliphatic carbocycles. The van der Waals surface area contributed by atoms with Gasteiger partial charge in [0, 0.05) is 33.2 Å². The minimum absolute atomic E-state index is 0.00681. The van der Waals surface area contributed by atoms with Crippen LogP contribution in [0.15, 0.2) is 0 Å². The van der Waals surface area contributed by atoms with Gasteiger partial charge < -0.3 is 14.7 Å². The van der Waals surface area contributed by atoms with Gasteiger partial charge in [0.05, 0.1) is 5.92 Å². The van der Waals surface area contributed by atoms with E-state index in [4.69, 9.17) is 9.84 Å². The predicted molar refractivity (Wildman–Crippen MR) is 60.2 cm³/mol. The zero-order valence-corrected chi connectivity index (χ0v) is 10.2. The maximum Gasteiger partial charge on any atom is 0.308 e. The summed E-state index contributed by atoms with van der Waals surface area (Å²) in [5.41, 5.74) is 0. The standard InChI is InChI=1S/C11H21NO4/c1-4-12(8-9(2)11(14)15)10(13)6-5-7-16-3/h9H,4-8H2,1-3H3,(H,14,15). The van der Waals surface area contributed by atoms with Crippen LogP contribution in [0.25, 0.3) is 0 Å². The van der Waals surface area contributed by atoms with Crippen molar-refractivity contribution in [3.05, 3.63) is 0 Å². The normalized spacial score (nSPS) is 12.2. The molecule has 1 unspecified atom stereocenters. The maximum atomic E-state index is 11.7. The van der Waals surface area contributed by atoms with E-state index >= 15 is 0 Å². The lowest BCUT2D eigenvalue weighted by molar-refractivity contribution is -0.143. The van der Waals surface area contributed by atoms with Crippen molar-refractivity contribution in [2.75, 3.05) is 26.8 Å². The molecule has 0 aliphatic rings. The zero-order chi connectivity index (χ0) is 12.6. The monoisotopic (exact) mass is 231 g/mol. The average Bonchev–Trinajstić information content (AvgIpc) is 2.25. The Hall–Kier alpha value is -1.10. The molecule has 1 atom stereocenters. The fourth-order valence-electron chi connectivity index (χ4n) is 1.34. The lowest BCUT2D eigenvalue weighted by atomic mass is 10.1. The molecule has 16 heavy (non-hydrogen) atoms. The number of carbonyl (C=O) groups is 2. The molecule has 5 nitrogen and oxygen atoms in total. The topological polar surface area (TPSA) is 66.8 Å². The van der Waals surface area contributed by atoms with Crippen LogP contribution in [0.3, 0.4) is 0 Å². The van der Waals surface area contributed by atoms with Gasteiger partial charge in [0.1, 0.15) is 0 Å². The van der Waals surface area contributed by atoms with E-state index in [-0.39, 0.29) is 12.5 Å². The molecule has 0 fully saturated rings. The highest BCUT2D eigenvalue weighted by atomic mass is 16.5. The van der Waals surface area contributed by atoms with E-state index in [9.17, 15) is 9.59 Å². The second kappa shape index (κ2) is 8.10. The van der Waals surface area contributed by atoms with Crippen LogP contribution in [0, 0.1) is 5.92 Å². The summed E-state index contributed by atoms with van der Waals surface area (Å²) in [5.74, 6) is -1.40. The van der Waals surface area contributed by atoms with Crippen molar-refractivity contribution in [3.63, 3.8) is 0 Å². The first-order valence-electron chi connectivity index (χ1n) is 5.52. The quantitative estimate of drug-likeness (QED) is 0.632. The van der Waals surface area contributed by atoms with Crippen molar-refractivity contribution in [2.24, 2.45) is 5.92 Å². The van der Waals surface area contributed by atoms with Gasteiger partial charge in [-0.2, -0.15) is 0 Å². The number of carbonyl (C=O) groups excluding carboxylic acids is 1. The summed E-state index contributed by atoms with van der Waals surface area (Å²) < 4.78 is 4.86. The van der Waals surface area contributed by atoms with Crippen LogP contribution < -0.4 is 0 Å². The molecule has 0 radical (unpaired) electrons. The van der Waals surface area contributed by atoms with Crippen LogP contribution in [0.2, 0.25) is 0 Å². The Labute approximate surface area is 96.4 Å². The minimum Gasteiger partial charge on any atom is -0.481 e. The smallest absolute Gasteiger partial charge is 0.308 e. The van der Waals surface area contributed by atoms with Crippen LogP contribution in [-0.4, -0.2) is 48.7 Å². The highest BCUT2D eigenvalue weighted by molar-refractivity contribution is 5.77. The van der Waals surface area contributed by atoms with Crippen molar-refractivity contribution in [3.8, 4) is 0 Å². The average molecular weight is 231 g/mol. The number of aliphatic carboxylic acids is 1. The number of carboxylic acids is 1. The molecular formula is C11H21NO4. The van der Waals surface area contributed by atoms with Gasteiger partial charge in [-0.25, -0.2) is 0 Å². The van der Waals surface area contributed by atoms with Crippen LogP contribution in [0.1, 0.15) is 26.7 Å². The number of ether oxygens (including phenoxy) is 1. The van der Waals surface area contributed by atoms with Gasteiger partial charge in [0.25, 0.3) is 0 Å². The Morgan fingerprint density at radius 1 is 1.44 bits per heavy atom. The minimum atomic E-state index is -0.872. The van der Waals surface area contributed by atoms with Crippen molar-refractivity contribution >= 4 is 11.9 Å². The number of hydrogen-bond acceptors (Lipinski definition) is 3. The molecule has 1 N–H and O–H groups in total. The van der Waals surface area contributed by atoms with Crippen molar-refractivity contribution in [1.29, 1.82) is 0 Å². The Bertz CT molecular complexity index is 230. The van der Waals surface area contributed by atoms with Gasteiger partial charge in [-0.3, -0.25) is 9.59 Å². The predicted octanol–water partition coefficient (Wildman–Crippen LogP) is 0.982. The first-order chi connectivity index (χ1) is 7.52. The fraction of sp³-hybridized carbons (Fsp3) is 0.818. The third-order valence-corrected chi connectivity index (χ3v) is 2.39.